The maximum Gasteiger partial charge on any atom is 0.161 e. The summed E-state index contributed by atoms with van der Waals surface area (Å²) in [6.45, 7) is 2.22. The number of fused-ring (bicyclic) bond motifs is 6. The van der Waals surface area contributed by atoms with Crippen LogP contribution in [0, 0.1) is 17.8 Å². The molecule has 3 unspecified atom stereocenters. The number of carbonyl (C=O) groups excluding carboxylic acids is 1. The first-order valence-electron chi connectivity index (χ1n) is 8.81. The standard InChI is InChI=1S/C19H22N2O/c22-16-7-3-4-12-8-10-21-11-9-14-13-5-1-2-6-15(13)20-18(14)19(21)17(12)16/h1-2,6,12-14H,3-5,7-11H2. The van der Waals surface area contributed by atoms with Gasteiger partial charge in [-0.05, 0) is 44.1 Å². The van der Waals surface area contributed by atoms with Gasteiger partial charge in [-0.3, -0.25) is 9.79 Å². The molecular weight excluding hydrogens is 272 g/mol. The van der Waals surface area contributed by atoms with Crippen LogP contribution in [0.25, 0.3) is 0 Å². The summed E-state index contributed by atoms with van der Waals surface area (Å²) < 4.78 is 0. The van der Waals surface area contributed by atoms with Gasteiger partial charge in [0.05, 0.1) is 11.4 Å². The molecule has 0 aromatic carbocycles. The number of allylic oxidation sites excluding steroid dienone is 6. The molecule has 22 heavy (non-hydrogen) atoms. The Morgan fingerprint density at radius 2 is 2.05 bits per heavy atom. The van der Waals surface area contributed by atoms with E-state index in [1.165, 1.54) is 29.9 Å². The van der Waals surface area contributed by atoms with Crippen molar-refractivity contribution in [2.75, 3.05) is 13.1 Å². The summed E-state index contributed by atoms with van der Waals surface area (Å²) >= 11 is 0. The Morgan fingerprint density at radius 1 is 1.14 bits per heavy atom. The van der Waals surface area contributed by atoms with E-state index in [0.717, 1.165) is 44.3 Å². The first kappa shape index (κ1) is 12.9. The third-order valence-electron chi connectivity index (χ3n) is 6.20. The highest BCUT2D eigenvalue weighted by Crippen LogP contribution is 2.47. The van der Waals surface area contributed by atoms with Crippen molar-refractivity contribution in [3.05, 3.63) is 35.2 Å². The Balaban J connectivity index is 1.66. The van der Waals surface area contributed by atoms with Crippen LogP contribution in [0.15, 0.2) is 40.2 Å². The lowest BCUT2D eigenvalue weighted by atomic mass is 9.72. The van der Waals surface area contributed by atoms with Gasteiger partial charge in [0, 0.05) is 42.6 Å². The topological polar surface area (TPSA) is 32.7 Å². The number of hydrogen-bond donors (Lipinski definition) is 0. The van der Waals surface area contributed by atoms with Crippen molar-refractivity contribution in [3.63, 3.8) is 0 Å². The van der Waals surface area contributed by atoms with Crippen molar-refractivity contribution >= 4 is 11.5 Å². The highest BCUT2D eigenvalue weighted by atomic mass is 16.1. The smallest absolute Gasteiger partial charge is 0.161 e. The Morgan fingerprint density at radius 3 is 3.00 bits per heavy atom. The van der Waals surface area contributed by atoms with Crippen LogP contribution in [0.5, 0.6) is 0 Å². The van der Waals surface area contributed by atoms with E-state index >= 15 is 0 Å². The van der Waals surface area contributed by atoms with Gasteiger partial charge < -0.3 is 4.90 Å². The van der Waals surface area contributed by atoms with Gasteiger partial charge in [0.2, 0.25) is 0 Å². The van der Waals surface area contributed by atoms with Crippen molar-refractivity contribution in [3.8, 4) is 0 Å². The number of piperidine rings is 1. The lowest BCUT2D eigenvalue weighted by molar-refractivity contribution is -0.117. The van der Waals surface area contributed by atoms with Crippen LogP contribution in [-0.2, 0) is 4.79 Å². The number of aliphatic imine (C=N–C) groups is 1. The molecule has 3 aliphatic heterocycles. The zero-order chi connectivity index (χ0) is 14.7. The average molecular weight is 294 g/mol. The summed E-state index contributed by atoms with van der Waals surface area (Å²) in [5.74, 6) is 2.02. The second kappa shape index (κ2) is 4.68. The monoisotopic (exact) mass is 294 g/mol. The first-order chi connectivity index (χ1) is 10.8. The minimum atomic E-state index is 0.404. The lowest BCUT2D eigenvalue weighted by Crippen LogP contribution is -2.46. The molecule has 0 spiro atoms. The van der Waals surface area contributed by atoms with E-state index in [1.54, 1.807) is 0 Å². The van der Waals surface area contributed by atoms with Crippen molar-refractivity contribution in [1.82, 2.24) is 4.90 Å². The Hall–Kier alpha value is -1.64. The van der Waals surface area contributed by atoms with Gasteiger partial charge in [-0.1, -0.05) is 12.2 Å². The molecule has 1 saturated carbocycles. The third kappa shape index (κ3) is 1.68. The molecule has 5 rings (SSSR count). The fourth-order valence-electron chi connectivity index (χ4n) is 5.15. The second-order valence-corrected chi connectivity index (χ2v) is 7.30. The zero-order valence-corrected chi connectivity index (χ0v) is 12.9. The van der Waals surface area contributed by atoms with Gasteiger partial charge in [0.1, 0.15) is 0 Å². The minimum Gasteiger partial charge on any atom is -0.370 e. The number of ketones is 1. The molecule has 3 heteroatoms. The molecular formula is C19H22N2O. The number of Topliss-reactive ketones (excluding diaryl/α,β-unsaturated/α-hetero) is 1. The highest BCUT2D eigenvalue weighted by Gasteiger charge is 2.45. The van der Waals surface area contributed by atoms with E-state index in [0.29, 0.717) is 23.5 Å². The van der Waals surface area contributed by atoms with E-state index in [-0.39, 0.29) is 0 Å². The minimum absolute atomic E-state index is 0.404. The van der Waals surface area contributed by atoms with Gasteiger partial charge in [0.15, 0.2) is 5.78 Å². The van der Waals surface area contributed by atoms with Crippen LogP contribution in [0.1, 0.15) is 38.5 Å². The summed E-state index contributed by atoms with van der Waals surface area (Å²) in [6, 6.07) is 0. The fourth-order valence-corrected chi connectivity index (χ4v) is 5.15. The molecule has 114 valence electrons. The summed E-state index contributed by atoms with van der Waals surface area (Å²) in [7, 11) is 0. The van der Waals surface area contributed by atoms with Crippen LogP contribution < -0.4 is 0 Å². The molecule has 0 aromatic heterocycles. The van der Waals surface area contributed by atoms with E-state index < -0.39 is 0 Å². The predicted molar refractivity (Wildman–Crippen MR) is 86.4 cm³/mol. The number of rotatable bonds is 0. The van der Waals surface area contributed by atoms with E-state index in [4.69, 9.17) is 4.99 Å². The Labute approximate surface area is 131 Å². The SMILES string of the molecule is O=C1CCCC2CCN3CCC4C(=NC5=CC=CCC54)C3=C12. The fraction of sp³-hybridized carbons (Fsp3) is 0.579. The molecule has 2 aliphatic carbocycles. The lowest BCUT2D eigenvalue weighted by Gasteiger charge is -2.44. The van der Waals surface area contributed by atoms with Crippen LogP contribution in [0.2, 0.25) is 0 Å². The molecule has 0 bridgehead atoms. The highest BCUT2D eigenvalue weighted by molar-refractivity contribution is 6.12. The number of nitrogens with zero attached hydrogens (tertiary/aromatic N) is 2. The maximum atomic E-state index is 12.6. The number of hydrogen-bond acceptors (Lipinski definition) is 3. The van der Waals surface area contributed by atoms with Gasteiger partial charge in [-0.25, -0.2) is 0 Å². The Bertz CT molecular complexity index is 667. The Kier molecular flexibility index (Phi) is 2.73. The van der Waals surface area contributed by atoms with Crippen molar-refractivity contribution in [1.29, 1.82) is 0 Å². The summed E-state index contributed by atoms with van der Waals surface area (Å²) in [5.41, 5.74) is 4.91. The molecule has 3 heterocycles. The van der Waals surface area contributed by atoms with Crippen molar-refractivity contribution in [2.24, 2.45) is 22.7 Å². The van der Waals surface area contributed by atoms with Crippen molar-refractivity contribution in [2.45, 2.75) is 38.5 Å². The third-order valence-corrected chi connectivity index (χ3v) is 6.20. The average Bonchev–Trinajstić information content (AvgIpc) is 2.93. The largest absolute Gasteiger partial charge is 0.370 e. The molecule has 3 atom stereocenters. The normalized spacial score (nSPS) is 36.3. The predicted octanol–water partition coefficient (Wildman–Crippen LogP) is 3.25. The van der Waals surface area contributed by atoms with Gasteiger partial charge in [0.25, 0.3) is 0 Å². The van der Waals surface area contributed by atoms with E-state index in [1.807, 2.05) is 0 Å². The van der Waals surface area contributed by atoms with Gasteiger partial charge in [-0.2, -0.15) is 0 Å². The molecule has 1 saturated heterocycles. The zero-order valence-electron chi connectivity index (χ0n) is 12.9. The van der Waals surface area contributed by atoms with Crippen LogP contribution in [-0.4, -0.2) is 29.5 Å². The second-order valence-electron chi connectivity index (χ2n) is 7.30. The number of carbonyl (C=O) groups is 1. The van der Waals surface area contributed by atoms with Crippen LogP contribution in [0.4, 0.5) is 0 Å². The molecule has 0 N–H and O–H groups in total. The molecule has 3 nitrogen and oxygen atoms in total. The van der Waals surface area contributed by atoms with E-state index in [2.05, 4.69) is 23.1 Å². The van der Waals surface area contributed by atoms with Gasteiger partial charge in [-0.15, -0.1) is 0 Å². The van der Waals surface area contributed by atoms with Gasteiger partial charge >= 0.3 is 0 Å². The summed E-state index contributed by atoms with van der Waals surface area (Å²) in [6.07, 6.45) is 13.1. The summed E-state index contributed by atoms with van der Waals surface area (Å²) in [5, 5.41) is 0. The first-order valence-corrected chi connectivity index (χ1v) is 8.81. The maximum absolute atomic E-state index is 12.6. The van der Waals surface area contributed by atoms with Crippen molar-refractivity contribution < 1.29 is 4.79 Å². The molecule has 0 radical (unpaired) electrons. The quantitative estimate of drug-likeness (QED) is 0.687. The molecule has 0 amide bonds. The van der Waals surface area contributed by atoms with Crippen LogP contribution >= 0.6 is 0 Å². The summed E-state index contributed by atoms with van der Waals surface area (Å²) in [4.78, 5) is 20.1. The van der Waals surface area contributed by atoms with Crippen LogP contribution in [0.3, 0.4) is 0 Å². The molecule has 0 aromatic rings. The molecule has 2 fully saturated rings. The van der Waals surface area contributed by atoms with E-state index in [9.17, 15) is 4.79 Å². The molecule has 5 aliphatic rings.